The van der Waals surface area contributed by atoms with Crippen LogP contribution in [0.1, 0.15) is 18.1 Å². The van der Waals surface area contributed by atoms with Gasteiger partial charge < -0.3 is 14.6 Å². The highest BCUT2D eigenvalue weighted by Gasteiger charge is 2.02. The van der Waals surface area contributed by atoms with E-state index in [4.69, 9.17) is 4.74 Å². The molecule has 0 aromatic carbocycles. The molecule has 2 aromatic heterocycles. The number of aromatic nitrogens is 2. The third-order valence-electron chi connectivity index (χ3n) is 2.86. The maximum Gasteiger partial charge on any atom is 0.217 e. The summed E-state index contributed by atoms with van der Waals surface area (Å²) in [5, 5.41) is 3.40. The van der Waals surface area contributed by atoms with Crippen LogP contribution in [0.15, 0.2) is 36.8 Å². The van der Waals surface area contributed by atoms with Crippen molar-refractivity contribution in [1.29, 1.82) is 0 Å². The molecular weight excluding hydrogens is 226 g/mol. The van der Waals surface area contributed by atoms with Gasteiger partial charge in [-0.25, -0.2) is 4.98 Å². The van der Waals surface area contributed by atoms with E-state index in [-0.39, 0.29) is 0 Å². The van der Waals surface area contributed by atoms with Crippen LogP contribution in [0, 0.1) is 0 Å². The summed E-state index contributed by atoms with van der Waals surface area (Å²) in [6, 6.07) is 6.08. The van der Waals surface area contributed by atoms with E-state index >= 15 is 0 Å². The number of methoxy groups -OCH3 is 1. The van der Waals surface area contributed by atoms with Gasteiger partial charge in [-0.3, -0.25) is 0 Å². The number of aryl methyl sites for hydroxylation is 1. The third-order valence-corrected chi connectivity index (χ3v) is 2.86. The van der Waals surface area contributed by atoms with Crippen molar-refractivity contribution in [2.24, 2.45) is 0 Å². The van der Waals surface area contributed by atoms with Crippen molar-refractivity contribution in [3.8, 4) is 5.88 Å². The summed E-state index contributed by atoms with van der Waals surface area (Å²) in [5.74, 6) is 0.691. The zero-order valence-electron chi connectivity index (χ0n) is 10.9. The highest BCUT2D eigenvalue weighted by molar-refractivity contribution is 5.25. The molecule has 0 aliphatic rings. The number of hydrogen-bond donors (Lipinski definition) is 1. The van der Waals surface area contributed by atoms with Gasteiger partial charge in [0.1, 0.15) is 0 Å². The van der Waals surface area contributed by atoms with Crippen LogP contribution in [0.25, 0.3) is 0 Å². The zero-order chi connectivity index (χ0) is 12.8. The summed E-state index contributed by atoms with van der Waals surface area (Å²) in [7, 11) is 1.65. The van der Waals surface area contributed by atoms with E-state index in [0.29, 0.717) is 5.88 Å². The fraction of sp³-hybridized carbons (Fsp3) is 0.357. The number of nitrogens with zero attached hydrogens (tertiary/aromatic N) is 2. The molecule has 0 unspecified atom stereocenters. The molecular formula is C14H19N3O. The Hall–Kier alpha value is -1.81. The number of hydrogen-bond acceptors (Lipinski definition) is 3. The molecule has 0 saturated heterocycles. The van der Waals surface area contributed by atoms with E-state index in [9.17, 15) is 0 Å². The first-order valence-corrected chi connectivity index (χ1v) is 6.16. The average molecular weight is 245 g/mol. The molecule has 4 heteroatoms. The molecule has 96 valence electrons. The van der Waals surface area contributed by atoms with Crippen LogP contribution < -0.4 is 10.1 Å². The van der Waals surface area contributed by atoms with Gasteiger partial charge in [0.2, 0.25) is 5.88 Å². The summed E-state index contributed by atoms with van der Waals surface area (Å²) >= 11 is 0. The molecule has 2 rings (SSSR count). The predicted molar refractivity (Wildman–Crippen MR) is 71.4 cm³/mol. The first-order valence-electron chi connectivity index (χ1n) is 6.16. The minimum Gasteiger partial charge on any atom is -0.481 e. The van der Waals surface area contributed by atoms with Gasteiger partial charge in [0, 0.05) is 43.8 Å². The lowest BCUT2D eigenvalue weighted by Crippen LogP contribution is -2.13. The van der Waals surface area contributed by atoms with Gasteiger partial charge in [-0.1, -0.05) is 6.07 Å². The maximum atomic E-state index is 5.21. The van der Waals surface area contributed by atoms with Gasteiger partial charge in [0.15, 0.2) is 0 Å². The molecule has 0 atom stereocenters. The molecule has 2 aromatic rings. The summed E-state index contributed by atoms with van der Waals surface area (Å²) in [5.41, 5.74) is 2.37. The second kappa shape index (κ2) is 6.21. The van der Waals surface area contributed by atoms with Gasteiger partial charge in [-0.2, -0.15) is 0 Å². The average Bonchev–Trinajstić information content (AvgIpc) is 2.87. The second-order valence-corrected chi connectivity index (χ2v) is 4.13. The van der Waals surface area contributed by atoms with Gasteiger partial charge in [0.05, 0.1) is 7.11 Å². The van der Waals surface area contributed by atoms with Gasteiger partial charge in [-0.15, -0.1) is 0 Å². The molecule has 0 radical (unpaired) electrons. The Labute approximate surface area is 108 Å². The first-order chi connectivity index (χ1) is 8.83. The highest BCUT2D eigenvalue weighted by atomic mass is 16.5. The summed E-state index contributed by atoms with van der Waals surface area (Å²) in [6.07, 6.45) is 6.00. The zero-order valence-corrected chi connectivity index (χ0v) is 10.9. The molecule has 0 aliphatic heterocycles. The lowest BCUT2D eigenvalue weighted by Gasteiger charge is -2.07. The lowest BCUT2D eigenvalue weighted by molar-refractivity contribution is 0.390. The number of pyridine rings is 1. The van der Waals surface area contributed by atoms with Crippen molar-refractivity contribution in [3.05, 3.63) is 47.9 Å². The quantitative estimate of drug-likeness (QED) is 0.848. The Morgan fingerprint density at radius 3 is 2.94 bits per heavy atom. The van der Waals surface area contributed by atoms with Gasteiger partial charge in [0.25, 0.3) is 0 Å². The van der Waals surface area contributed by atoms with Crippen molar-refractivity contribution in [1.82, 2.24) is 14.9 Å². The van der Waals surface area contributed by atoms with Gasteiger partial charge in [-0.05, 0) is 24.6 Å². The molecule has 0 amide bonds. The van der Waals surface area contributed by atoms with E-state index < -0.39 is 0 Å². The Morgan fingerprint density at radius 1 is 1.33 bits per heavy atom. The molecule has 1 N–H and O–H groups in total. The molecule has 0 aliphatic carbocycles. The molecule has 18 heavy (non-hydrogen) atoms. The normalized spacial score (nSPS) is 10.6. The van der Waals surface area contributed by atoms with Crippen LogP contribution in [-0.4, -0.2) is 16.7 Å². The van der Waals surface area contributed by atoms with Crippen molar-refractivity contribution >= 4 is 0 Å². The Morgan fingerprint density at radius 2 is 2.22 bits per heavy atom. The van der Waals surface area contributed by atoms with E-state index in [1.165, 1.54) is 5.56 Å². The first kappa shape index (κ1) is 12.6. The summed E-state index contributed by atoms with van der Waals surface area (Å²) in [4.78, 5) is 4.17. The minimum atomic E-state index is 0.691. The fourth-order valence-electron chi connectivity index (χ4n) is 1.88. The monoisotopic (exact) mass is 245 g/mol. The largest absolute Gasteiger partial charge is 0.481 e. The predicted octanol–water partition coefficient (Wildman–Crippen LogP) is 2.20. The lowest BCUT2D eigenvalue weighted by atomic mass is 10.2. The number of nitrogens with one attached hydrogen (secondary N) is 1. The van der Waals surface area contributed by atoms with Crippen LogP contribution in [0.4, 0.5) is 0 Å². The molecule has 0 spiro atoms. The Balaban J connectivity index is 1.88. The van der Waals surface area contributed by atoms with E-state index in [2.05, 4.69) is 40.3 Å². The van der Waals surface area contributed by atoms with Crippen LogP contribution in [-0.2, 0) is 19.6 Å². The smallest absolute Gasteiger partial charge is 0.217 e. The molecule has 0 bridgehead atoms. The SMILES string of the molecule is CCn1ccc(CNCc2cccnc2OC)c1. The summed E-state index contributed by atoms with van der Waals surface area (Å²) in [6.45, 7) is 4.76. The van der Waals surface area contributed by atoms with Crippen molar-refractivity contribution in [2.45, 2.75) is 26.6 Å². The van der Waals surface area contributed by atoms with Crippen LogP contribution in [0.5, 0.6) is 5.88 Å². The summed E-state index contributed by atoms with van der Waals surface area (Å²) < 4.78 is 7.38. The Kier molecular flexibility index (Phi) is 4.36. The second-order valence-electron chi connectivity index (χ2n) is 4.13. The minimum absolute atomic E-state index is 0.691. The molecule has 4 nitrogen and oxygen atoms in total. The maximum absolute atomic E-state index is 5.21. The molecule has 0 fully saturated rings. The highest BCUT2D eigenvalue weighted by Crippen LogP contribution is 2.13. The fourth-order valence-corrected chi connectivity index (χ4v) is 1.88. The van der Waals surface area contributed by atoms with Gasteiger partial charge >= 0.3 is 0 Å². The van der Waals surface area contributed by atoms with Crippen molar-refractivity contribution in [2.75, 3.05) is 7.11 Å². The topological polar surface area (TPSA) is 39.1 Å². The standard InChI is InChI=1S/C14H19N3O/c1-3-17-8-6-12(11-17)9-15-10-13-5-4-7-16-14(13)18-2/h4-8,11,15H,3,9-10H2,1-2H3. The van der Waals surface area contributed by atoms with Crippen LogP contribution in [0.3, 0.4) is 0 Å². The van der Waals surface area contributed by atoms with E-state index in [0.717, 1.165) is 25.2 Å². The van der Waals surface area contributed by atoms with Crippen LogP contribution >= 0.6 is 0 Å². The number of ether oxygens (including phenoxy) is 1. The molecule has 2 heterocycles. The van der Waals surface area contributed by atoms with Crippen LogP contribution in [0.2, 0.25) is 0 Å². The Bertz CT molecular complexity index is 493. The molecule has 0 saturated carbocycles. The van der Waals surface area contributed by atoms with E-state index in [1.807, 2.05) is 12.1 Å². The third kappa shape index (κ3) is 3.11. The van der Waals surface area contributed by atoms with Crippen molar-refractivity contribution < 1.29 is 4.74 Å². The van der Waals surface area contributed by atoms with Crippen molar-refractivity contribution in [3.63, 3.8) is 0 Å². The van der Waals surface area contributed by atoms with E-state index in [1.54, 1.807) is 13.3 Å². The number of rotatable bonds is 6.